The van der Waals surface area contributed by atoms with Crippen molar-refractivity contribution in [2.45, 2.75) is 26.7 Å². The molecule has 0 fully saturated rings. The van der Waals surface area contributed by atoms with E-state index in [0.29, 0.717) is 5.92 Å². The van der Waals surface area contributed by atoms with Crippen molar-refractivity contribution in [1.82, 2.24) is 0 Å². The van der Waals surface area contributed by atoms with Gasteiger partial charge >= 0.3 is 0 Å². The second kappa shape index (κ2) is 5.70. The zero-order valence-corrected chi connectivity index (χ0v) is 13.0. The number of aryl methyl sites for hydroxylation is 1. The van der Waals surface area contributed by atoms with Gasteiger partial charge in [-0.2, -0.15) is 0 Å². The molecule has 2 rings (SSSR count). The Labute approximate surface area is 122 Å². The highest BCUT2D eigenvalue weighted by Crippen LogP contribution is 2.24. The maximum Gasteiger partial charge on any atom is 0.194 e. The van der Waals surface area contributed by atoms with Crippen LogP contribution in [0.1, 0.15) is 46.8 Å². The van der Waals surface area contributed by atoms with E-state index in [-0.39, 0.29) is 5.78 Å². The van der Waals surface area contributed by atoms with Gasteiger partial charge < -0.3 is 0 Å². The molecule has 0 aliphatic carbocycles. The van der Waals surface area contributed by atoms with Crippen molar-refractivity contribution in [2.24, 2.45) is 0 Å². The lowest BCUT2D eigenvalue weighted by Gasteiger charge is -2.08. The summed E-state index contributed by atoms with van der Waals surface area (Å²) in [5.41, 5.74) is 3.78. The van der Waals surface area contributed by atoms with Crippen molar-refractivity contribution < 1.29 is 4.79 Å². The molecule has 0 saturated carbocycles. The van der Waals surface area contributed by atoms with Gasteiger partial charge in [0.1, 0.15) is 0 Å². The zero-order valence-electron chi connectivity index (χ0n) is 11.4. The number of halogens is 1. The van der Waals surface area contributed by atoms with Crippen molar-refractivity contribution in [2.75, 3.05) is 0 Å². The Morgan fingerprint density at radius 3 is 2.26 bits per heavy atom. The minimum atomic E-state index is 0.0610. The average Bonchev–Trinajstić information content (AvgIpc) is 2.41. The van der Waals surface area contributed by atoms with Gasteiger partial charge in [-0.05, 0) is 46.0 Å². The fourth-order valence-electron chi connectivity index (χ4n) is 2.00. The Bertz CT molecular complexity index is 597. The lowest BCUT2D eigenvalue weighted by atomic mass is 9.97. The van der Waals surface area contributed by atoms with Gasteiger partial charge in [-0.15, -0.1) is 0 Å². The lowest BCUT2D eigenvalue weighted by Crippen LogP contribution is -2.03. The molecule has 19 heavy (non-hydrogen) atoms. The topological polar surface area (TPSA) is 17.1 Å². The molecule has 2 aromatic rings. The largest absolute Gasteiger partial charge is 0.289 e. The van der Waals surface area contributed by atoms with Gasteiger partial charge in [0.05, 0.1) is 0 Å². The van der Waals surface area contributed by atoms with E-state index in [1.54, 1.807) is 0 Å². The summed E-state index contributed by atoms with van der Waals surface area (Å²) in [6.07, 6.45) is 0. The molecule has 0 saturated heterocycles. The molecule has 0 spiro atoms. The molecule has 0 heterocycles. The molecule has 98 valence electrons. The highest BCUT2D eigenvalue weighted by molar-refractivity contribution is 9.10. The van der Waals surface area contributed by atoms with Gasteiger partial charge in [-0.1, -0.05) is 50.2 Å². The van der Waals surface area contributed by atoms with E-state index in [1.165, 1.54) is 5.56 Å². The molecule has 0 aliphatic heterocycles. The van der Waals surface area contributed by atoms with E-state index in [4.69, 9.17) is 0 Å². The second-order valence-electron chi connectivity index (χ2n) is 5.04. The van der Waals surface area contributed by atoms with Gasteiger partial charge in [-0.25, -0.2) is 0 Å². The molecule has 0 bridgehead atoms. The van der Waals surface area contributed by atoms with Crippen LogP contribution in [-0.2, 0) is 0 Å². The number of carbonyl (C=O) groups is 1. The average molecular weight is 317 g/mol. The Hall–Kier alpha value is -1.41. The summed E-state index contributed by atoms with van der Waals surface area (Å²) in [6.45, 7) is 6.28. The van der Waals surface area contributed by atoms with Crippen LogP contribution >= 0.6 is 15.9 Å². The maximum atomic E-state index is 12.5. The normalized spacial score (nSPS) is 10.8. The third kappa shape index (κ3) is 2.95. The molecule has 0 radical (unpaired) electrons. The minimum absolute atomic E-state index is 0.0610. The van der Waals surface area contributed by atoms with Crippen molar-refractivity contribution in [3.05, 3.63) is 69.2 Å². The summed E-state index contributed by atoms with van der Waals surface area (Å²) >= 11 is 3.49. The zero-order chi connectivity index (χ0) is 14.0. The van der Waals surface area contributed by atoms with Crippen LogP contribution in [0.3, 0.4) is 0 Å². The number of hydrogen-bond acceptors (Lipinski definition) is 1. The van der Waals surface area contributed by atoms with Crippen LogP contribution in [0.15, 0.2) is 46.9 Å². The van der Waals surface area contributed by atoms with Gasteiger partial charge in [0, 0.05) is 15.6 Å². The van der Waals surface area contributed by atoms with Gasteiger partial charge in [0.25, 0.3) is 0 Å². The van der Waals surface area contributed by atoms with E-state index < -0.39 is 0 Å². The Kier molecular flexibility index (Phi) is 4.20. The summed E-state index contributed by atoms with van der Waals surface area (Å²) < 4.78 is 0.882. The fourth-order valence-corrected chi connectivity index (χ4v) is 2.44. The molecular weight excluding hydrogens is 300 g/mol. The smallest absolute Gasteiger partial charge is 0.194 e. The third-order valence-electron chi connectivity index (χ3n) is 3.28. The molecule has 1 nitrogen and oxygen atoms in total. The summed E-state index contributed by atoms with van der Waals surface area (Å²) in [4.78, 5) is 12.5. The first-order valence-electron chi connectivity index (χ1n) is 6.40. The van der Waals surface area contributed by atoms with Crippen LogP contribution in [0.25, 0.3) is 0 Å². The summed E-state index contributed by atoms with van der Waals surface area (Å²) in [5.74, 6) is 0.542. The van der Waals surface area contributed by atoms with Crippen LogP contribution in [0.2, 0.25) is 0 Å². The first-order valence-corrected chi connectivity index (χ1v) is 7.19. The van der Waals surface area contributed by atoms with Crippen molar-refractivity contribution in [1.29, 1.82) is 0 Å². The Morgan fingerprint density at radius 2 is 1.68 bits per heavy atom. The van der Waals surface area contributed by atoms with E-state index >= 15 is 0 Å². The number of carbonyl (C=O) groups excluding carboxylic acids is 1. The molecule has 0 unspecified atom stereocenters. The number of rotatable bonds is 3. The summed E-state index contributed by atoms with van der Waals surface area (Å²) in [7, 11) is 0. The van der Waals surface area contributed by atoms with Gasteiger partial charge in [0.15, 0.2) is 5.78 Å². The van der Waals surface area contributed by atoms with Crippen molar-refractivity contribution >= 4 is 21.7 Å². The molecule has 0 N–H and O–H groups in total. The predicted molar refractivity (Wildman–Crippen MR) is 82.8 cm³/mol. The highest BCUT2D eigenvalue weighted by atomic mass is 79.9. The van der Waals surface area contributed by atoms with Crippen LogP contribution in [0.5, 0.6) is 0 Å². The van der Waals surface area contributed by atoms with E-state index in [2.05, 4.69) is 29.8 Å². The molecule has 0 amide bonds. The summed E-state index contributed by atoms with van der Waals surface area (Å²) in [6, 6.07) is 13.6. The molecule has 0 atom stereocenters. The quantitative estimate of drug-likeness (QED) is 0.719. The predicted octanol–water partition coefficient (Wildman–Crippen LogP) is 5.11. The number of benzene rings is 2. The summed E-state index contributed by atoms with van der Waals surface area (Å²) in [5, 5.41) is 0. The Morgan fingerprint density at radius 1 is 1.05 bits per heavy atom. The number of ketones is 1. The number of hydrogen-bond donors (Lipinski definition) is 0. The monoisotopic (exact) mass is 316 g/mol. The van der Waals surface area contributed by atoms with Crippen LogP contribution in [0.4, 0.5) is 0 Å². The van der Waals surface area contributed by atoms with E-state index in [0.717, 1.165) is 21.2 Å². The SMILES string of the molecule is Cc1cccc(C(=O)c2ccc(C(C)C)cc2)c1Br. The van der Waals surface area contributed by atoms with E-state index in [9.17, 15) is 4.79 Å². The second-order valence-corrected chi connectivity index (χ2v) is 5.84. The van der Waals surface area contributed by atoms with Crippen molar-refractivity contribution in [3.8, 4) is 0 Å². The standard InChI is InChI=1S/C17H17BrO/c1-11(2)13-7-9-14(10-8-13)17(19)15-6-4-5-12(3)16(15)18/h4-11H,1-3H3. The molecule has 2 aromatic carbocycles. The molecule has 2 heteroatoms. The van der Waals surface area contributed by atoms with Crippen LogP contribution < -0.4 is 0 Å². The Balaban J connectivity index is 2.36. The lowest BCUT2D eigenvalue weighted by molar-refractivity contribution is 0.103. The first kappa shape index (κ1) is 14.0. The van der Waals surface area contributed by atoms with Crippen LogP contribution in [0, 0.1) is 6.92 Å². The first-order chi connectivity index (χ1) is 9.00. The van der Waals surface area contributed by atoms with Gasteiger partial charge in [0.2, 0.25) is 0 Å². The maximum absolute atomic E-state index is 12.5. The molecule has 0 aliphatic rings. The molecule has 0 aromatic heterocycles. The third-order valence-corrected chi connectivity index (χ3v) is 4.33. The van der Waals surface area contributed by atoms with Gasteiger partial charge in [-0.3, -0.25) is 4.79 Å². The van der Waals surface area contributed by atoms with E-state index in [1.807, 2.05) is 49.4 Å². The minimum Gasteiger partial charge on any atom is -0.289 e. The highest BCUT2D eigenvalue weighted by Gasteiger charge is 2.13. The fraction of sp³-hybridized carbons (Fsp3) is 0.235. The van der Waals surface area contributed by atoms with Crippen molar-refractivity contribution in [3.63, 3.8) is 0 Å². The van der Waals surface area contributed by atoms with Crippen LogP contribution in [-0.4, -0.2) is 5.78 Å². The molecular formula is C17H17BrO.